The van der Waals surface area contributed by atoms with Gasteiger partial charge < -0.3 is 10.2 Å². The van der Waals surface area contributed by atoms with E-state index in [4.69, 9.17) is 0 Å². The minimum absolute atomic E-state index is 0.0928. The molecule has 17 heavy (non-hydrogen) atoms. The lowest BCUT2D eigenvalue weighted by Crippen LogP contribution is -2.17. The van der Waals surface area contributed by atoms with E-state index in [0.717, 1.165) is 24.0 Å². The maximum atomic E-state index is 10.00. The van der Waals surface area contributed by atoms with E-state index in [-0.39, 0.29) is 11.2 Å². The fourth-order valence-corrected chi connectivity index (χ4v) is 2.17. The highest BCUT2D eigenvalue weighted by molar-refractivity contribution is 5.47. The first kappa shape index (κ1) is 13.9. The van der Waals surface area contributed by atoms with E-state index in [1.807, 2.05) is 0 Å². The van der Waals surface area contributed by atoms with Crippen molar-refractivity contribution in [1.29, 1.82) is 0 Å². The van der Waals surface area contributed by atoms with Crippen LogP contribution >= 0.6 is 0 Å². The average molecular weight is 236 g/mol. The van der Waals surface area contributed by atoms with Gasteiger partial charge in [0.05, 0.1) is 0 Å². The molecule has 0 heterocycles. The lowest BCUT2D eigenvalue weighted by atomic mass is 9.79. The number of benzene rings is 1. The van der Waals surface area contributed by atoms with E-state index in [0.29, 0.717) is 5.75 Å². The molecule has 0 aliphatic heterocycles. The van der Waals surface area contributed by atoms with Crippen molar-refractivity contribution in [2.45, 2.75) is 58.8 Å². The van der Waals surface area contributed by atoms with Crippen LogP contribution in [-0.4, -0.2) is 10.2 Å². The highest BCUT2D eigenvalue weighted by Crippen LogP contribution is 2.38. The van der Waals surface area contributed by atoms with Crippen LogP contribution in [0.25, 0.3) is 0 Å². The van der Waals surface area contributed by atoms with Crippen LogP contribution in [0, 0.1) is 6.92 Å². The summed E-state index contributed by atoms with van der Waals surface area (Å²) < 4.78 is 0. The van der Waals surface area contributed by atoms with Crippen molar-refractivity contribution in [3.05, 3.63) is 23.3 Å². The van der Waals surface area contributed by atoms with Gasteiger partial charge in [0.25, 0.3) is 0 Å². The molecule has 0 spiro atoms. The number of aromatic hydroxyl groups is 2. The van der Waals surface area contributed by atoms with Crippen LogP contribution in [0.1, 0.15) is 57.6 Å². The Hall–Kier alpha value is -1.18. The van der Waals surface area contributed by atoms with Crippen molar-refractivity contribution in [3.8, 4) is 11.5 Å². The summed E-state index contributed by atoms with van der Waals surface area (Å²) in [7, 11) is 0. The second-order valence-corrected chi connectivity index (χ2v) is 5.50. The Morgan fingerprint density at radius 3 is 2.29 bits per heavy atom. The van der Waals surface area contributed by atoms with Crippen LogP contribution < -0.4 is 0 Å². The molecule has 0 amide bonds. The van der Waals surface area contributed by atoms with Gasteiger partial charge in [0.1, 0.15) is 11.5 Å². The van der Waals surface area contributed by atoms with Crippen molar-refractivity contribution in [3.63, 3.8) is 0 Å². The van der Waals surface area contributed by atoms with Crippen molar-refractivity contribution in [1.82, 2.24) is 0 Å². The fourth-order valence-electron chi connectivity index (χ4n) is 2.17. The van der Waals surface area contributed by atoms with Crippen molar-refractivity contribution < 1.29 is 10.2 Å². The number of rotatable bonds is 5. The van der Waals surface area contributed by atoms with Gasteiger partial charge in [-0.1, -0.05) is 40.0 Å². The number of aryl methyl sites for hydroxylation is 1. The predicted molar refractivity (Wildman–Crippen MR) is 71.7 cm³/mol. The number of phenolic OH excluding ortho intramolecular Hbond substituents is 2. The third kappa shape index (κ3) is 3.39. The van der Waals surface area contributed by atoms with Gasteiger partial charge >= 0.3 is 0 Å². The normalized spacial score (nSPS) is 11.8. The van der Waals surface area contributed by atoms with E-state index < -0.39 is 0 Å². The lowest BCUT2D eigenvalue weighted by Gasteiger charge is -2.26. The maximum Gasteiger partial charge on any atom is 0.119 e. The molecule has 0 bridgehead atoms. The van der Waals surface area contributed by atoms with Crippen molar-refractivity contribution >= 4 is 0 Å². The average Bonchev–Trinajstić information content (AvgIpc) is 2.23. The molecule has 0 unspecified atom stereocenters. The van der Waals surface area contributed by atoms with Gasteiger partial charge in [-0.3, -0.25) is 0 Å². The van der Waals surface area contributed by atoms with Gasteiger partial charge in [0, 0.05) is 5.56 Å². The Morgan fingerprint density at radius 1 is 1.06 bits per heavy atom. The summed E-state index contributed by atoms with van der Waals surface area (Å²) in [6.45, 7) is 8.21. The van der Waals surface area contributed by atoms with Crippen molar-refractivity contribution in [2.75, 3.05) is 0 Å². The number of hydrogen-bond donors (Lipinski definition) is 2. The number of unbranched alkanes of at least 4 members (excludes halogenated alkanes) is 2. The molecular formula is C15H24O2. The van der Waals surface area contributed by atoms with Gasteiger partial charge in [0.2, 0.25) is 0 Å². The van der Waals surface area contributed by atoms with Gasteiger partial charge in [-0.15, -0.1) is 0 Å². The quantitative estimate of drug-likeness (QED) is 0.592. The topological polar surface area (TPSA) is 40.5 Å². The Balaban J connectivity index is 2.93. The molecule has 0 aliphatic carbocycles. The highest BCUT2D eigenvalue weighted by Gasteiger charge is 2.24. The van der Waals surface area contributed by atoms with E-state index in [1.165, 1.54) is 12.8 Å². The highest BCUT2D eigenvalue weighted by atomic mass is 16.3. The SMILES string of the molecule is CCCCCC(C)(C)c1cc(O)c(C)cc1O. The lowest BCUT2D eigenvalue weighted by molar-refractivity contribution is 0.400. The zero-order chi connectivity index (χ0) is 13.1. The largest absolute Gasteiger partial charge is 0.508 e. The first-order chi connectivity index (χ1) is 7.88. The summed E-state index contributed by atoms with van der Waals surface area (Å²) in [5.74, 6) is 0.558. The molecule has 0 aromatic heterocycles. The molecule has 2 nitrogen and oxygen atoms in total. The molecule has 1 aromatic rings. The summed E-state index contributed by atoms with van der Waals surface area (Å²) in [4.78, 5) is 0. The van der Waals surface area contributed by atoms with Gasteiger partial charge in [-0.25, -0.2) is 0 Å². The maximum absolute atomic E-state index is 10.00. The monoisotopic (exact) mass is 236 g/mol. The molecule has 96 valence electrons. The molecule has 1 rings (SSSR count). The molecule has 0 atom stereocenters. The van der Waals surface area contributed by atoms with E-state index in [9.17, 15) is 10.2 Å². The molecule has 1 aromatic carbocycles. The Kier molecular flexibility index (Phi) is 4.44. The van der Waals surface area contributed by atoms with E-state index >= 15 is 0 Å². The Labute approximate surface area is 104 Å². The van der Waals surface area contributed by atoms with Crippen LogP contribution in [0.4, 0.5) is 0 Å². The Morgan fingerprint density at radius 2 is 1.71 bits per heavy atom. The third-order valence-corrected chi connectivity index (χ3v) is 3.45. The second-order valence-electron chi connectivity index (χ2n) is 5.50. The van der Waals surface area contributed by atoms with E-state index in [1.54, 1.807) is 19.1 Å². The molecule has 0 saturated carbocycles. The second kappa shape index (κ2) is 5.44. The van der Waals surface area contributed by atoms with Gasteiger partial charge in [-0.2, -0.15) is 0 Å². The van der Waals surface area contributed by atoms with Crippen LogP contribution in [0.15, 0.2) is 12.1 Å². The zero-order valence-electron chi connectivity index (χ0n) is 11.4. The molecular weight excluding hydrogens is 212 g/mol. The summed E-state index contributed by atoms with van der Waals surface area (Å²) in [5, 5.41) is 19.7. The summed E-state index contributed by atoms with van der Waals surface area (Å²) >= 11 is 0. The van der Waals surface area contributed by atoms with Crippen LogP contribution in [0.3, 0.4) is 0 Å². The van der Waals surface area contributed by atoms with Crippen LogP contribution in [-0.2, 0) is 5.41 Å². The first-order valence-electron chi connectivity index (χ1n) is 6.41. The standard InChI is InChI=1S/C15H24O2/c1-5-6-7-8-15(3,4)12-10-13(16)11(2)9-14(12)17/h9-10,16-17H,5-8H2,1-4H3. The summed E-state index contributed by atoms with van der Waals surface area (Å²) in [5.41, 5.74) is 1.47. The molecule has 0 saturated heterocycles. The van der Waals surface area contributed by atoms with Crippen molar-refractivity contribution in [2.24, 2.45) is 0 Å². The zero-order valence-corrected chi connectivity index (χ0v) is 11.4. The molecule has 2 N–H and O–H groups in total. The van der Waals surface area contributed by atoms with Gasteiger partial charge in [-0.05, 0) is 36.5 Å². The molecule has 0 radical (unpaired) electrons. The minimum Gasteiger partial charge on any atom is -0.508 e. The van der Waals surface area contributed by atoms with Gasteiger partial charge in [0.15, 0.2) is 0 Å². The molecule has 0 fully saturated rings. The Bertz CT molecular complexity index is 381. The van der Waals surface area contributed by atoms with E-state index in [2.05, 4.69) is 20.8 Å². The van der Waals surface area contributed by atoms with Crippen LogP contribution in [0.2, 0.25) is 0 Å². The summed E-state index contributed by atoms with van der Waals surface area (Å²) in [6, 6.07) is 3.35. The molecule has 2 heteroatoms. The summed E-state index contributed by atoms with van der Waals surface area (Å²) in [6.07, 6.45) is 4.58. The first-order valence-corrected chi connectivity index (χ1v) is 6.41. The smallest absolute Gasteiger partial charge is 0.119 e. The number of hydrogen-bond acceptors (Lipinski definition) is 2. The third-order valence-electron chi connectivity index (χ3n) is 3.45. The molecule has 0 aliphatic rings. The predicted octanol–water partition coefficient (Wildman–Crippen LogP) is 4.26. The minimum atomic E-state index is -0.0928. The number of phenols is 2. The fraction of sp³-hybridized carbons (Fsp3) is 0.600. The van der Waals surface area contributed by atoms with Crippen LogP contribution in [0.5, 0.6) is 11.5 Å².